The number of pyridine rings is 1. The highest BCUT2D eigenvalue weighted by atomic mass is 16.5. The van der Waals surface area contributed by atoms with Crippen LogP contribution in [0, 0.1) is 5.41 Å². The van der Waals surface area contributed by atoms with Crippen LogP contribution in [0.2, 0.25) is 0 Å². The zero-order chi connectivity index (χ0) is 19.7. The number of carbonyl (C=O) groups is 1. The topological polar surface area (TPSA) is 80.7 Å². The maximum absolute atomic E-state index is 11.6. The van der Waals surface area contributed by atoms with Crippen molar-refractivity contribution in [2.75, 3.05) is 13.7 Å². The van der Waals surface area contributed by atoms with Crippen LogP contribution in [0.1, 0.15) is 37.8 Å². The van der Waals surface area contributed by atoms with Crippen molar-refractivity contribution in [3.63, 3.8) is 0 Å². The van der Waals surface area contributed by atoms with Crippen molar-refractivity contribution in [1.82, 2.24) is 10.3 Å². The van der Waals surface area contributed by atoms with Gasteiger partial charge in [-0.1, -0.05) is 26.0 Å². The Balaban J connectivity index is 2.02. The van der Waals surface area contributed by atoms with E-state index in [-0.39, 0.29) is 0 Å². The molecule has 1 heterocycles. The number of aliphatic carboxylic acids is 1. The van der Waals surface area contributed by atoms with E-state index in [1.54, 1.807) is 19.5 Å². The second-order valence-electron chi connectivity index (χ2n) is 6.53. The van der Waals surface area contributed by atoms with E-state index in [0.29, 0.717) is 44.0 Å². The molecule has 0 bridgehead atoms. The zero-order valence-electron chi connectivity index (χ0n) is 16.2. The highest BCUT2D eigenvalue weighted by molar-refractivity contribution is 5.74. The predicted molar refractivity (Wildman–Crippen MR) is 104 cm³/mol. The molecule has 2 aromatic rings. The molecule has 6 nitrogen and oxygen atoms in total. The first-order valence-electron chi connectivity index (χ1n) is 9.17. The average molecular weight is 372 g/mol. The minimum atomic E-state index is -0.754. The second kappa shape index (κ2) is 9.92. The van der Waals surface area contributed by atoms with Crippen molar-refractivity contribution in [3.05, 3.63) is 53.9 Å². The molecule has 27 heavy (non-hydrogen) atoms. The van der Waals surface area contributed by atoms with E-state index in [4.69, 9.17) is 9.47 Å². The van der Waals surface area contributed by atoms with Gasteiger partial charge in [-0.3, -0.25) is 9.78 Å². The number of carboxylic acid groups (broad SMARTS) is 1. The van der Waals surface area contributed by atoms with Gasteiger partial charge in [-0.25, -0.2) is 0 Å². The smallest absolute Gasteiger partial charge is 0.310 e. The predicted octanol–water partition coefficient (Wildman–Crippen LogP) is 3.65. The zero-order valence-corrected chi connectivity index (χ0v) is 16.2. The van der Waals surface area contributed by atoms with Gasteiger partial charge in [0.2, 0.25) is 0 Å². The van der Waals surface area contributed by atoms with Gasteiger partial charge in [-0.05, 0) is 36.6 Å². The molecule has 2 rings (SSSR count). The van der Waals surface area contributed by atoms with Crippen LogP contribution < -0.4 is 14.8 Å². The van der Waals surface area contributed by atoms with E-state index in [2.05, 4.69) is 10.3 Å². The summed E-state index contributed by atoms with van der Waals surface area (Å²) in [6, 6.07) is 9.55. The van der Waals surface area contributed by atoms with Crippen molar-refractivity contribution >= 4 is 5.97 Å². The highest BCUT2D eigenvalue weighted by Gasteiger charge is 2.34. The van der Waals surface area contributed by atoms with Gasteiger partial charge in [0.05, 0.1) is 12.5 Å². The van der Waals surface area contributed by atoms with Gasteiger partial charge in [0.1, 0.15) is 6.61 Å². The molecule has 6 heteroatoms. The molecular weight excluding hydrogens is 344 g/mol. The van der Waals surface area contributed by atoms with Crippen molar-refractivity contribution in [3.8, 4) is 11.5 Å². The third kappa shape index (κ3) is 5.44. The fourth-order valence-corrected chi connectivity index (χ4v) is 2.91. The van der Waals surface area contributed by atoms with E-state index < -0.39 is 11.4 Å². The Bertz CT molecular complexity index is 730. The normalized spacial score (nSPS) is 11.2. The van der Waals surface area contributed by atoms with Crippen molar-refractivity contribution < 1.29 is 19.4 Å². The molecule has 2 N–H and O–H groups in total. The molecule has 0 amide bonds. The van der Waals surface area contributed by atoms with Crippen molar-refractivity contribution in [2.45, 2.75) is 39.8 Å². The number of nitrogens with zero attached hydrogens (tertiary/aromatic N) is 1. The number of hydrogen-bond donors (Lipinski definition) is 2. The number of hydrogen-bond acceptors (Lipinski definition) is 5. The SMILES string of the molecule is CCC(CC)(CNCc1ccc(OC)c(OCc2cccnc2)c1)C(=O)O. The highest BCUT2D eigenvalue weighted by Crippen LogP contribution is 2.29. The molecule has 0 spiro atoms. The first-order chi connectivity index (χ1) is 13.0. The third-order valence-electron chi connectivity index (χ3n) is 4.94. The van der Waals surface area contributed by atoms with Crippen molar-refractivity contribution in [1.29, 1.82) is 0 Å². The summed E-state index contributed by atoms with van der Waals surface area (Å²) in [6.07, 6.45) is 4.67. The van der Waals surface area contributed by atoms with Crippen LogP contribution in [0.15, 0.2) is 42.7 Å². The number of methoxy groups -OCH3 is 1. The lowest BCUT2D eigenvalue weighted by Crippen LogP contribution is -2.40. The molecular formula is C21H28N2O4. The lowest BCUT2D eigenvalue weighted by molar-refractivity contribution is -0.149. The largest absolute Gasteiger partial charge is 0.493 e. The minimum absolute atomic E-state index is 0.398. The third-order valence-corrected chi connectivity index (χ3v) is 4.94. The summed E-state index contributed by atoms with van der Waals surface area (Å²) in [7, 11) is 1.61. The molecule has 0 radical (unpaired) electrons. The van der Waals surface area contributed by atoms with Crippen molar-refractivity contribution in [2.24, 2.45) is 5.41 Å². The molecule has 1 aromatic carbocycles. The Morgan fingerprint density at radius 1 is 1.19 bits per heavy atom. The van der Waals surface area contributed by atoms with Gasteiger partial charge >= 0.3 is 5.97 Å². The average Bonchev–Trinajstić information content (AvgIpc) is 2.70. The fourth-order valence-electron chi connectivity index (χ4n) is 2.91. The minimum Gasteiger partial charge on any atom is -0.493 e. The summed E-state index contributed by atoms with van der Waals surface area (Å²) >= 11 is 0. The monoisotopic (exact) mass is 372 g/mol. The van der Waals surface area contributed by atoms with Crippen LogP contribution in [-0.2, 0) is 17.9 Å². The summed E-state index contributed by atoms with van der Waals surface area (Å²) in [6.45, 7) is 5.21. The van der Waals surface area contributed by atoms with Crippen LogP contribution in [-0.4, -0.2) is 29.7 Å². The molecule has 0 aliphatic heterocycles. The fraction of sp³-hybridized carbons (Fsp3) is 0.429. The standard InChI is InChI=1S/C21H28N2O4/c1-4-21(5-2,20(24)25)15-23-12-16-8-9-18(26-3)19(11-16)27-14-17-7-6-10-22-13-17/h6-11,13,23H,4-5,12,14-15H2,1-3H3,(H,24,25). The molecule has 0 fully saturated rings. The number of rotatable bonds is 11. The second-order valence-corrected chi connectivity index (χ2v) is 6.53. The number of aromatic nitrogens is 1. The Kier molecular flexibility index (Phi) is 7.61. The molecule has 0 aliphatic rings. The number of benzene rings is 1. The van der Waals surface area contributed by atoms with Gasteiger partial charge in [0.15, 0.2) is 11.5 Å². The summed E-state index contributed by atoms with van der Waals surface area (Å²) in [4.78, 5) is 15.7. The summed E-state index contributed by atoms with van der Waals surface area (Å²) in [5.74, 6) is 0.552. The van der Waals surface area contributed by atoms with Crippen LogP contribution in [0.3, 0.4) is 0 Å². The first kappa shape index (κ1) is 20.7. The first-order valence-corrected chi connectivity index (χ1v) is 9.17. The molecule has 1 aromatic heterocycles. The van der Waals surface area contributed by atoms with E-state index in [1.165, 1.54) is 0 Å². The van der Waals surface area contributed by atoms with E-state index >= 15 is 0 Å². The Morgan fingerprint density at radius 3 is 2.56 bits per heavy atom. The lowest BCUT2D eigenvalue weighted by atomic mass is 9.82. The Hall–Kier alpha value is -2.60. The lowest BCUT2D eigenvalue weighted by Gasteiger charge is -2.27. The molecule has 146 valence electrons. The number of ether oxygens (including phenoxy) is 2. The molecule has 0 saturated heterocycles. The molecule has 0 saturated carbocycles. The van der Waals surface area contributed by atoms with Gasteiger partial charge in [0.25, 0.3) is 0 Å². The quantitative estimate of drug-likeness (QED) is 0.627. The van der Waals surface area contributed by atoms with E-state index in [0.717, 1.165) is 11.1 Å². The van der Waals surface area contributed by atoms with Crippen LogP contribution >= 0.6 is 0 Å². The summed E-state index contributed by atoms with van der Waals surface area (Å²) in [5.41, 5.74) is 1.25. The summed E-state index contributed by atoms with van der Waals surface area (Å²) in [5, 5.41) is 12.8. The summed E-state index contributed by atoms with van der Waals surface area (Å²) < 4.78 is 11.3. The van der Waals surface area contributed by atoms with Gasteiger partial charge < -0.3 is 19.9 Å². The molecule has 0 atom stereocenters. The molecule has 0 aliphatic carbocycles. The van der Waals surface area contributed by atoms with E-state index in [1.807, 2.05) is 44.2 Å². The van der Waals surface area contributed by atoms with Crippen LogP contribution in [0.4, 0.5) is 0 Å². The Labute approximate surface area is 160 Å². The van der Waals surface area contributed by atoms with Crippen LogP contribution in [0.5, 0.6) is 11.5 Å². The maximum atomic E-state index is 11.6. The maximum Gasteiger partial charge on any atom is 0.310 e. The van der Waals surface area contributed by atoms with Gasteiger partial charge in [-0.2, -0.15) is 0 Å². The van der Waals surface area contributed by atoms with E-state index in [9.17, 15) is 9.90 Å². The number of nitrogens with one attached hydrogen (secondary N) is 1. The number of carboxylic acids is 1. The van der Waals surface area contributed by atoms with Crippen LogP contribution in [0.25, 0.3) is 0 Å². The van der Waals surface area contributed by atoms with Gasteiger partial charge in [0, 0.05) is 31.0 Å². The molecule has 0 unspecified atom stereocenters. The van der Waals surface area contributed by atoms with Gasteiger partial charge in [-0.15, -0.1) is 0 Å². The Morgan fingerprint density at radius 2 is 1.96 bits per heavy atom.